The first-order valence-electron chi connectivity index (χ1n) is 4.83. The minimum Gasteiger partial charge on any atom is -0.397 e. The number of hydrogen-bond acceptors (Lipinski definition) is 2. The minimum atomic E-state index is -0.224. The molecule has 0 amide bonds. The molecule has 1 aromatic carbocycles. The molecule has 1 aromatic rings. The van der Waals surface area contributed by atoms with E-state index in [0.29, 0.717) is 21.0 Å². The molecule has 2 rings (SSSR count). The van der Waals surface area contributed by atoms with E-state index in [4.69, 9.17) is 5.73 Å². The second-order valence-corrected chi connectivity index (χ2v) is 4.80. The van der Waals surface area contributed by atoms with Crippen LogP contribution in [0.5, 0.6) is 0 Å². The number of rotatable bonds is 2. The lowest BCUT2D eigenvalue weighted by Crippen LogP contribution is -2.16. The van der Waals surface area contributed by atoms with Gasteiger partial charge in [0.25, 0.3) is 0 Å². The van der Waals surface area contributed by atoms with E-state index in [1.165, 1.54) is 6.07 Å². The monoisotopic (exact) mass is 318 g/mol. The van der Waals surface area contributed by atoms with E-state index >= 15 is 0 Å². The highest BCUT2D eigenvalue weighted by molar-refractivity contribution is 14.1. The number of nitrogen functional groups attached to an aromatic ring is 1. The van der Waals surface area contributed by atoms with E-state index in [1.54, 1.807) is 6.07 Å². The van der Waals surface area contributed by atoms with Gasteiger partial charge in [-0.05, 0) is 41.5 Å². The highest BCUT2D eigenvalue weighted by Crippen LogP contribution is 2.26. The first-order valence-corrected chi connectivity index (χ1v) is 5.91. The molecule has 2 nitrogen and oxygen atoms in total. The van der Waals surface area contributed by atoms with Crippen molar-refractivity contribution in [3.63, 3.8) is 0 Å². The lowest BCUT2D eigenvalue weighted by Gasteiger charge is -2.15. The fraction of sp³-hybridized carbons (Fsp3) is 0.273. The van der Waals surface area contributed by atoms with Crippen LogP contribution in [0.1, 0.15) is 12.8 Å². The third kappa shape index (κ3) is 2.42. The van der Waals surface area contributed by atoms with Crippen LogP contribution in [-0.4, -0.2) is 6.04 Å². The fourth-order valence-corrected chi connectivity index (χ4v) is 2.13. The lowest BCUT2D eigenvalue weighted by molar-refractivity contribution is 0.620. The Morgan fingerprint density at radius 2 is 2.00 bits per heavy atom. The molecule has 15 heavy (non-hydrogen) atoms. The minimum absolute atomic E-state index is 0.224. The molecule has 0 saturated carbocycles. The lowest BCUT2D eigenvalue weighted by atomic mass is 10.2. The Hall–Kier alpha value is -0.780. The normalized spacial score (nSPS) is 15.9. The summed E-state index contributed by atoms with van der Waals surface area (Å²) in [4.78, 5) is 0. The summed E-state index contributed by atoms with van der Waals surface area (Å²) < 4.78 is 13.9. The zero-order valence-electron chi connectivity index (χ0n) is 8.13. The zero-order valence-corrected chi connectivity index (χ0v) is 10.3. The molecule has 0 atom stereocenters. The molecule has 0 aliphatic heterocycles. The number of benzene rings is 1. The van der Waals surface area contributed by atoms with Crippen molar-refractivity contribution >= 4 is 34.0 Å². The van der Waals surface area contributed by atoms with E-state index < -0.39 is 0 Å². The largest absolute Gasteiger partial charge is 0.397 e. The molecule has 0 spiro atoms. The van der Waals surface area contributed by atoms with Crippen molar-refractivity contribution in [3.05, 3.63) is 33.7 Å². The van der Waals surface area contributed by atoms with Crippen molar-refractivity contribution in [2.24, 2.45) is 0 Å². The standard InChI is InChI=1S/C11H12FIN2/c12-8-5-11(10(14)6-9(8)13)15-7-3-1-2-4-7/h1-2,5-7,15H,3-4,14H2. The van der Waals surface area contributed by atoms with Crippen LogP contribution in [0.25, 0.3) is 0 Å². The van der Waals surface area contributed by atoms with Crippen molar-refractivity contribution in [2.75, 3.05) is 11.1 Å². The fourth-order valence-electron chi connectivity index (χ4n) is 1.64. The van der Waals surface area contributed by atoms with Gasteiger partial charge >= 0.3 is 0 Å². The maximum Gasteiger partial charge on any atom is 0.138 e. The summed E-state index contributed by atoms with van der Waals surface area (Å²) in [6.07, 6.45) is 6.20. The molecule has 0 bridgehead atoms. The molecule has 0 radical (unpaired) electrons. The SMILES string of the molecule is Nc1cc(I)c(F)cc1NC1CC=CC1. The predicted octanol–water partition coefficient (Wildman–Crippen LogP) is 3.14. The number of nitrogens with one attached hydrogen (secondary N) is 1. The van der Waals surface area contributed by atoms with Gasteiger partial charge in [0.1, 0.15) is 5.82 Å². The third-order valence-corrected chi connectivity index (χ3v) is 3.29. The van der Waals surface area contributed by atoms with Crippen LogP contribution in [0.4, 0.5) is 15.8 Å². The molecule has 80 valence electrons. The number of anilines is 2. The Labute approximate surface area is 102 Å². The maximum absolute atomic E-state index is 13.3. The summed E-state index contributed by atoms with van der Waals surface area (Å²) in [5.74, 6) is -0.224. The number of halogens is 2. The molecule has 0 saturated heterocycles. The molecule has 4 heteroatoms. The van der Waals surface area contributed by atoms with Crippen molar-refractivity contribution in [2.45, 2.75) is 18.9 Å². The van der Waals surface area contributed by atoms with Gasteiger partial charge in [0.05, 0.1) is 14.9 Å². The van der Waals surface area contributed by atoms with Crippen LogP contribution < -0.4 is 11.1 Å². The Morgan fingerprint density at radius 1 is 1.33 bits per heavy atom. The summed E-state index contributed by atoms with van der Waals surface area (Å²) in [5.41, 5.74) is 7.11. The average molecular weight is 318 g/mol. The van der Waals surface area contributed by atoms with E-state index in [0.717, 1.165) is 12.8 Å². The van der Waals surface area contributed by atoms with Crippen LogP contribution in [-0.2, 0) is 0 Å². The van der Waals surface area contributed by atoms with E-state index in [-0.39, 0.29) is 5.82 Å². The molecular weight excluding hydrogens is 306 g/mol. The van der Waals surface area contributed by atoms with Gasteiger partial charge in [0.2, 0.25) is 0 Å². The van der Waals surface area contributed by atoms with Crippen LogP contribution in [0.3, 0.4) is 0 Å². The molecule has 3 N–H and O–H groups in total. The summed E-state index contributed by atoms with van der Waals surface area (Å²) in [6.45, 7) is 0. The van der Waals surface area contributed by atoms with E-state index in [9.17, 15) is 4.39 Å². The highest BCUT2D eigenvalue weighted by atomic mass is 127. The second-order valence-electron chi connectivity index (χ2n) is 3.64. The van der Waals surface area contributed by atoms with Crippen molar-refractivity contribution in [3.8, 4) is 0 Å². The molecule has 0 unspecified atom stereocenters. The van der Waals surface area contributed by atoms with Gasteiger partial charge in [-0.3, -0.25) is 0 Å². The third-order valence-electron chi connectivity index (χ3n) is 2.46. The van der Waals surface area contributed by atoms with Crippen molar-refractivity contribution in [1.29, 1.82) is 0 Å². The van der Waals surface area contributed by atoms with Gasteiger partial charge in [-0.1, -0.05) is 12.2 Å². The van der Waals surface area contributed by atoms with Crippen LogP contribution >= 0.6 is 22.6 Å². The first kappa shape index (κ1) is 10.7. The number of hydrogen-bond donors (Lipinski definition) is 2. The van der Waals surface area contributed by atoms with Crippen LogP contribution in [0, 0.1) is 9.39 Å². The molecule has 1 aliphatic rings. The molecule has 1 aliphatic carbocycles. The van der Waals surface area contributed by atoms with E-state index in [2.05, 4.69) is 17.5 Å². The Kier molecular flexibility index (Phi) is 3.14. The van der Waals surface area contributed by atoms with Crippen molar-refractivity contribution in [1.82, 2.24) is 0 Å². The summed E-state index contributed by atoms with van der Waals surface area (Å²) >= 11 is 1.94. The maximum atomic E-state index is 13.3. The topological polar surface area (TPSA) is 38.0 Å². The molecule has 0 fully saturated rings. The van der Waals surface area contributed by atoms with Crippen LogP contribution in [0.15, 0.2) is 24.3 Å². The second kappa shape index (κ2) is 4.38. The van der Waals surface area contributed by atoms with E-state index in [1.807, 2.05) is 22.6 Å². The summed E-state index contributed by atoms with van der Waals surface area (Å²) in [6, 6.07) is 3.47. The predicted molar refractivity (Wildman–Crippen MR) is 69.3 cm³/mol. The van der Waals surface area contributed by atoms with Crippen LogP contribution in [0.2, 0.25) is 0 Å². The van der Waals surface area contributed by atoms with Gasteiger partial charge in [0.15, 0.2) is 0 Å². The highest BCUT2D eigenvalue weighted by Gasteiger charge is 2.12. The Balaban J connectivity index is 2.17. The van der Waals surface area contributed by atoms with Gasteiger partial charge in [-0.15, -0.1) is 0 Å². The van der Waals surface area contributed by atoms with Gasteiger partial charge in [-0.2, -0.15) is 0 Å². The van der Waals surface area contributed by atoms with Gasteiger partial charge in [0, 0.05) is 12.1 Å². The smallest absolute Gasteiger partial charge is 0.138 e. The average Bonchev–Trinajstić information content (AvgIpc) is 2.67. The van der Waals surface area contributed by atoms with Gasteiger partial charge < -0.3 is 11.1 Å². The summed E-state index contributed by atoms with van der Waals surface area (Å²) in [5, 5.41) is 3.25. The molecule has 0 heterocycles. The first-order chi connectivity index (χ1) is 7.16. The zero-order chi connectivity index (χ0) is 10.8. The van der Waals surface area contributed by atoms with Gasteiger partial charge in [-0.25, -0.2) is 4.39 Å². The Bertz CT molecular complexity index is 396. The molecular formula is C11H12FIN2. The number of nitrogens with two attached hydrogens (primary N) is 1. The van der Waals surface area contributed by atoms with Crippen molar-refractivity contribution < 1.29 is 4.39 Å². The quantitative estimate of drug-likeness (QED) is 0.499. The molecule has 0 aromatic heterocycles. The Morgan fingerprint density at radius 3 is 2.67 bits per heavy atom. The summed E-state index contributed by atoms with van der Waals surface area (Å²) in [7, 11) is 0.